The van der Waals surface area contributed by atoms with Crippen LogP contribution >= 0.6 is 0 Å². The number of aromatic nitrogens is 1. The maximum Gasteiger partial charge on any atom is 0.276 e. The summed E-state index contributed by atoms with van der Waals surface area (Å²) >= 11 is 0. The Labute approximate surface area is 141 Å². The molecule has 1 aliphatic rings. The lowest BCUT2D eigenvalue weighted by Crippen LogP contribution is -2.37. The summed E-state index contributed by atoms with van der Waals surface area (Å²) in [6, 6.07) is 9.23. The first-order valence-corrected chi connectivity index (χ1v) is 8.14. The van der Waals surface area contributed by atoms with Crippen LogP contribution in [0.2, 0.25) is 0 Å². The van der Waals surface area contributed by atoms with Crippen molar-refractivity contribution in [2.75, 3.05) is 26.2 Å². The van der Waals surface area contributed by atoms with E-state index in [0.717, 1.165) is 17.5 Å². The van der Waals surface area contributed by atoms with Crippen molar-refractivity contribution >= 4 is 11.8 Å². The molecule has 0 saturated carbocycles. The first-order chi connectivity index (χ1) is 11.6. The van der Waals surface area contributed by atoms with Crippen LogP contribution in [0.25, 0.3) is 0 Å². The average molecular weight is 327 g/mol. The van der Waals surface area contributed by atoms with Gasteiger partial charge in [0, 0.05) is 37.8 Å². The summed E-state index contributed by atoms with van der Waals surface area (Å²) in [4.78, 5) is 28.7. The number of nitrogens with zero attached hydrogens (tertiary/aromatic N) is 3. The van der Waals surface area contributed by atoms with Crippen molar-refractivity contribution in [1.82, 2.24) is 15.0 Å². The Kier molecular flexibility index (Phi) is 4.64. The molecule has 0 radical (unpaired) electrons. The minimum atomic E-state index is -0.142. The zero-order valence-electron chi connectivity index (χ0n) is 14.0. The SMILES string of the molecule is Cc1cc(C(=O)N2CCCN(C(=O)c3ccccc3C)CC2)no1. The quantitative estimate of drug-likeness (QED) is 0.849. The molecule has 0 aliphatic carbocycles. The lowest BCUT2D eigenvalue weighted by Gasteiger charge is -2.22. The summed E-state index contributed by atoms with van der Waals surface area (Å²) in [5, 5.41) is 3.79. The Bertz CT molecular complexity index is 753. The summed E-state index contributed by atoms with van der Waals surface area (Å²) in [6.07, 6.45) is 0.750. The summed E-state index contributed by atoms with van der Waals surface area (Å²) in [5.74, 6) is 0.501. The second-order valence-electron chi connectivity index (χ2n) is 6.08. The van der Waals surface area contributed by atoms with Gasteiger partial charge in [-0.15, -0.1) is 0 Å². The average Bonchev–Trinajstić information content (AvgIpc) is 2.87. The Morgan fingerprint density at radius 2 is 1.67 bits per heavy atom. The van der Waals surface area contributed by atoms with E-state index >= 15 is 0 Å². The van der Waals surface area contributed by atoms with Crippen molar-refractivity contribution < 1.29 is 14.1 Å². The van der Waals surface area contributed by atoms with E-state index in [1.54, 1.807) is 17.9 Å². The summed E-state index contributed by atoms with van der Waals surface area (Å²) in [7, 11) is 0. The molecular formula is C18H21N3O3. The third kappa shape index (κ3) is 3.32. The predicted octanol–water partition coefficient (Wildman–Crippen LogP) is 2.28. The summed E-state index contributed by atoms with van der Waals surface area (Å²) < 4.78 is 4.98. The van der Waals surface area contributed by atoms with Crippen LogP contribution in [0.3, 0.4) is 0 Å². The van der Waals surface area contributed by atoms with E-state index < -0.39 is 0 Å². The van der Waals surface area contributed by atoms with Crippen LogP contribution in [0.5, 0.6) is 0 Å². The normalized spacial score (nSPS) is 15.2. The zero-order valence-corrected chi connectivity index (χ0v) is 14.0. The molecule has 1 aromatic carbocycles. The smallest absolute Gasteiger partial charge is 0.276 e. The van der Waals surface area contributed by atoms with Crippen LogP contribution in [-0.4, -0.2) is 52.9 Å². The van der Waals surface area contributed by atoms with Gasteiger partial charge in [0.15, 0.2) is 5.69 Å². The highest BCUT2D eigenvalue weighted by atomic mass is 16.5. The van der Waals surface area contributed by atoms with Crippen LogP contribution in [0.1, 0.15) is 38.6 Å². The van der Waals surface area contributed by atoms with Crippen LogP contribution in [0.15, 0.2) is 34.9 Å². The fraction of sp³-hybridized carbons (Fsp3) is 0.389. The van der Waals surface area contributed by atoms with E-state index in [0.29, 0.717) is 37.6 Å². The van der Waals surface area contributed by atoms with Gasteiger partial charge in [0.1, 0.15) is 5.76 Å². The predicted molar refractivity (Wildman–Crippen MR) is 88.8 cm³/mol. The van der Waals surface area contributed by atoms with Gasteiger partial charge in [-0.05, 0) is 31.9 Å². The molecule has 3 rings (SSSR count). The topological polar surface area (TPSA) is 66.7 Å². The van der Waals surface area contributed by atoms with Gasteiger partial charge in [-0.1, -0.05) is 23.4 Å². The molecule has 1 fully saturated rings. The van der Waals surface area contributed by atoms with Gasteiger partial charge in [0.2, 0.25) is 0 Å². The van der Waals surface area contributed by atoms with Gasteiger partial charge in [0.25, 0.3) is 11.8 Å². The number of hydrogen-bond donors (Lipinski definition) is 0. The van der Waals surface area contributed by atoms with Gasteiger partial charge >= 0.3 is 0 Å². The molecule has 1 aromatic heterocycles. The fourth-order valence-corrected chi connectivity index (χ4v) is 2.94. The summed E-state index contributed by atoms with van der Waals surface area (Å²) in [5.41, 5.74) is 2.02. The molecule has 6 heteroatoms. The van der Waals surface area contributed by atoms with Crippen LogP contribution < -0.4 is 0 Å². The Balaban J connectivity index is 1.68. The van der Waals surface area contributed by atoms with E-state index in [9.17, 15) is 9.59 Å². The fourth-order valence-electron chi connectivity index (χ4n) is 2.94. The Morgan fingerprint density at radius 3 is 2.29 bits per heavy atom. The minimum absolute atomic E-state index is 0.0275. The summed E-state index contributed by atoms with van der Waals surface area (Å²) in [6.45, 7) is 5.98. The van der Waals surface area contributed by atoms with Crippen LogP contribution in [-0.2, 0) is 0 Å². The monoisotopic (exact) mass is 327 g/mol. The van der Waals surface area contributed by atoms with E-state index in [-0.39, 0.29) is 11.8 Å². The van der Waals surface area contributed by atoms with Crippen molar-refractivity contribution in [2.45, 2.75) is 20.3 Å². The van der Waals surface area contributed by atoms with Crippen molar-refractivity contribution in [3.63, 3.8) is 0 Å². The molecule has 0 N–H and O–H groups in total. The third-order valence-corrected chi connectivity index (χ3v) is 4.29. The largest absolute Gasteiger partial charge is 0.361 e. The molecule has 126 valence electrons. The molecule has 1 aliphatic heterocycles. The van der Waals surface area contributed by atoms with Gasteiger partial charge < -0.3 is 14.3 Å². The van der Waals surface area contributed by atoms with Crippen molar-refractivity contribution in [2.24, 2.45) is 0 Å². The number of carbonyl (C=O) groups is 2. The van der Waals surface area contributed by atoms with E-state index in [4.69, 9.17) is 4.52 Å². The number of benzene rings is 1. The Morgan fingerprint density at radius 1 is 1.00 bits per heavy atom. The van der Waals surface area contributed by atoms with Crippen LogP contribution in [0.4, 0.5) is 0 Å². The highest BCUT2D eigenvalue weighted by Gasteiger charge is 2.25. The number of aryl methyl sites for hydroxylation is 2. The zero-order chi connectivity index (χ0) is 17.1. The lowest BCUT2D eigenvalue weighted by molar-refractivity contribution is 0.0712. The van der Waals surface area contributed by atoms with E-state index in [1.807, 2.05) is 36.1 Å². The molecule has 2 aromatic rings. The van der Waals surface area contributed by atoms with Crippen molar-refractivity contribution in [3.8, 4) is 0 Å². The molecule has 2 heterocycles. The molecule has 6 nitrogen and oxygen atoms in total. The molecule has 2 amide bonds. The third-order valence-electron chi connectivity index (χ3n) is 4.29. The lowest BCUT2D eigenvalue weighted by atomic mass is 10.1. The molecule has 1 saturated heterocycles. The van der Waals surface area contributed by atoms with Gasteiger partial charge in [0.05, 0.1) is 0 Å². The number of hydrogen-bond acceptors (Lipinski definition) is 4. The number of amides is 2. The standard InChI is InChI=1S/C18H21N3O3/c1-13-6-3-4-7-15(13)17(22)20-8-5-9-21(11-10-20)18(23)16-12-14(2)24-19-16/h3-4,6-7,12H,5,8-11H2,1-2H3. The molecule has 0 bridgehead atoms. The highest BCUT2D eigenvalue weighted by molar-refractivity contribution is 5.96. The molecular weight excluding hydrogens is 306 g/mol. The molecule has 0 spiro atoms. The first kappa shape index (κ1) is 16.2. The minimum Gasteiger partial charge on any atom is -0.361 e. The Hall–Kier alpha value is -2.63. The molecule has 24 heavy (non-hydrogen) atoms. The number of rotatable bonds is 2. The number of carbonyl (C=O) groups excluding carboxylic acids is 2. The maximum atomic E-state index is 12.7. The van der Waals surface area contributed by atoms with Crippen molar-refractivity contribution in [1.29, 1.82) is 0 Å². The first-order valence-electron chi connectivity index (χ1n) is 8.14. The highest BCUT2D eigenvalue weighted by Crippen LogP contribution is 2.14. The second-order valence-corrected chi connectivity index (χ2v) is 6.08. The maximum absolute atomic E-state index is 12.7. The molecule has 0 atom stereocenters. The van der Waals surface area contributed by atoms with Gasteiger partial charge in [-0.2, -0.15) is 0 Å². The van der Waals surface area contributed by atoms with Gasteiger partial charge in [-0.25, -0.2) is 0 Å². The van der Waals surface area contributed by atoms with Crippen LogP contribution in [0, 0.1) is 13.8 Å². The molecule has 0 unspecified atom stereocenters. The second kappa shape index (κ2) is 6.86. The van der Waals surface area contributed by atoms with E-state index in [2.05, 4.69) is 5.16 Å². The van der Waals surface area contributed by atoms with Crippen molar-refractivity contribution in [3.05, 3.63) is 52.9 Å². The van der Waals surface area contributed by atoms with Gasteiger partial charge in [-0.3, -0.25) is 9.59 Å². The van der Waals surface area contributed by atoms with E-state index in [1.165, 1.54) is 0 Å².